The second-order valence-corrected chi connectivity index (χ2v) is 8.02. The second kappa shape index (κ2) is 7.42. The van der Waals surface area contributed by atoms with Crippen molar-refractivity contribution in [2.24, 2.45) is 5.92 Å². The number of ether oxygens (including phenoxy) is 1. The van der Waals surface area contributed by atoms with Gasteiger partial charge in [-0.1, -0.05) is 12.1 Å². The third-order valence-electron chi connectivity index (χ3n) is 5.22. The molecule has 2 atom stereocenters. The van der Waals surface area contributed by atoms with Crippen LogP contribution in [0.5, 0.6) is 0 Å². The van der Waals surface area contributed by atoms with Crippen LogP contribution in [0.25, 0.3) is 10.6 Å². The standard InChI is InChI=1S/C19H18F3N3O3S/c1-24-14-7-25(6-12(17(24)26)8-28-9-14)18(27)15-10-29-16(23-15)11-2-4-13(5-3-11)19(20,21)22/h2-5,10,12,14H,6-9H2,1H3/t12-,14+/m1/s1. The van der Waals surface area contributed by atoms with Crippen molar-refractivity contribution in [3.63, 3.8) is 0 Å². The van der Waals surface area contributed by atoms with E-state index in [4.69, 9.17) is 4.74 Å². The molecule has 154 valence electrons. The van der Waals surface area contributed by atoms with Crippen LogP contribution in [0.4, 0.5) is 13.2 Å². The summed E-state index contributed by atoms with van der Waals surface area (Å²) in [5.74, 6) is -0.740. The molecule has 0 aliphatic carbocycles. The third kappa shape index (κ3) is 3.86. The zero-order valence-corrected chi connectivity index (χ0v) is 16.3. The number of carbonyl (C=O) groups excluding carboxylic acids is 2. The summed E-state index contributed by atoms with van der Waals surface area (Å²) >= 11 is 1.19. The number of aromatic nitrogens is 1. The van der Waals surface area contributed by atoms with Gasteiger partial charge in [0, 0.05) is 31.1 Å². The molecule has 4 rings (SSSR count). The Hall–Kier alpha value is -2.46. The van der Waals surface area contributed by atoms with Crippen LogP contribution in [0.3, 0.4) is 0 Å². The molecule has 0 N–H and O–H groups in total. The summed E-state index contributed by atoms with van der Waals surface area (Å²) < 4.78 is 43.7. The highest BCUT2D eigenvalue weighted by atomic mass is 32.1. The zero-order chi connectivity index (χ0) is 20.8. The van der Waals surface area contributed by atoms with Gasteiger partial charge >= 0.3 is 6.18 Å². The van der Waals surface area contributed by atoms with E-state index in [1.807, 2.05) is 0 Å². The van der Waals surface area contributed by atoms with Gasteiger partial charge in [0.05, 0.1) is 30.7 Å². The molecule has 10 heteroatoms. The van der Waals surface area contributed by atoms with Crippen molar-refractivity contribution in [1.82, 2.24) is 14.8 Å². The van der Waals surface area contributed by atoms with Gasteiger partial charge in [0.2, 0.25) is 5.91 Å². The predicted octanol–water partition coefficient (Wildman–Crippen LogP) is 2.76. The fraction of sp³-hybridized carbons (Fsp3) is 0.421. The van der Waals surface area contributed by atoms with Crippen molar-refractivity contribution in [1.29, 1.82) is 0 Å². The van der Waals surface area contributed by atoms with E-state index in [0.717, 1.165) is 12.1 Å². The number of likely N-dealkylation sites (N-methyl/N-ethyl adjacent to an activating group) is 1. The van der Waals surface area contributed by atoms with Crippen molar-refractivity contribution in [3.8, 4) is 10.6 Å². The fourth-order valence-corrected chi connectivity index (χ4v) is 4.33. The number of hydrogen-bond acceptors (Lipinski definition) is 5. The number of halogens is 3. The van der Waals surface area contributed by atoms with Gasteiger partial charge in [-0.25, -0.2) is 4.98 Å². The van der Waals surface area contributed by atoms with E-state index in [1.165, 1.54) is 23.5 Å². The lowest BCUT2D eigenvalue weighted by atomic mass is 10.1. The number of benzene rings is 1. The smallest absolute Gasteiger partial charge is 0.378 e. The molecule has 2 bridgehead atoms. The number of amides is 2. The highest BCUT2D eigenvalue weighted by molar-refractivity contribution is 7.13. The molecule has 0 radical (unpaired) electrons. The molecule has 1 aromatic heterocycles. The summed E-state index contributed by atoms with van der Waals surface area (Å²) in [6.45, 7) is 1.25. The van der Waals surface area contributed by atoms with Gasteiger partial charge in [-0.2, -0.15) is 13.2 Å². The minimum absolute atomic E-state index is 0.0356. The van der Waals surface area contributed by atoms with E-state index in [0.29, 0.717) is 23.7 Å². The highest BCUT2D eigenvalue weighted by Gasteiger charge is 2.39. The summed E-state index contributed by atoms with van der Waals surface area (Å²) in [5.41, 5.74) is 0.000192. The van der Waals surface area contributed by atoms with Crippen LogP contribution in [-0.4, -0.2) is 66.0 Å². The first-order valence-corrected chi connectivity index (χ1v) is 9.89. The maximum atomic E-state index is 13.0. The van der Waals surface area contributed by atoms with Gasteiger partial charge in [0.15, 0.2) is 0 Å². The summed E-state index contributed by atoms with van der Waals surface area (Å²) in [6.07, 6.45) is -4.40. The molecule has 29 heavy (non-hydrogen) atoms. The quantitative estimate of drug-likeness (QED) is 0.743. The SMILES string of the molecule is CN1C(=O)[C@H]2COC[C@@H]1CN(C(=O)c1csc(-c3ccc(C(F)(F)F)cc3)n1)C2. The Morgan fingerprint density at radius 3 is 2.62 bits per heavy atom. The van der Waals surface area contributed by atoms with E-state index in [-0.39, 0.29) is 36.7 Å². The van der Waals surface area contributed by atoms with Crippen molar-refractivity contribution in [2.45, 2.75) is 12.2 Å². The Labute approximate surface area is 168 Å². The van der Waals surface area contributed by atoms with Crippen LogP contribution in [0.2, 0.25) is 0 Å². The lowest BCUT2D eigenvalue weighted by Gasteiger charge is -2.28. The molecule has 0 unspecified atom stereocenters. The van der Waals surface area contributed by atoms with E-state index >= 15 is 0 Å². The molecule has 0 spiro atoms. The molecule has 6 nitrogen and oxygen atoms in total. The summed E-state index contributed by atoms with van der Waals surface area (Å²) in [7, 11) is 1.72. The number of thiazole rings is 1. The molecule has 1 aromatic carbocycles. The van der Waals surface area contributed by atoms with E-state index in [2.05, 4.69) is 4.98 Å². The first-order valence-electron chi connectivity index (χ1n) is 9.01. The summed E-state index contributed by atoms with van der Waals surface area (Å²) in [6, 6.07) is 4.46. The molecule has 2 aromatic rings. The van der Waals surface area contributed by atoms with Crippen molar-refractivity contribution >= 4 is 23.2 Å². The van der Waals surface area contributed by atoms with E-state index in [9.17, 15) is 22.8 Å². The number of alkyl halides is 3. The minimum atomic E-state index is -4.40. The molecule has 3 heterocycles. The molecule has 2 aliphatic heterocycles. The van der Waals surface area contributed by atoms with Crippen LogP contribution in [0.1, 0.15) is 16.1 Å². The number of carbonyl (C=O) groups is 2. The largest absolute Gasteiger partial charge is 0.416 e. The Kier molecular flexibility index (Phi) is 5.07. The maximum Gasteiger partial charge on any atom is 0.416 e. The van der Waals surface area contributed by atoms with E-state index < -0.39 is 17.7 Å². The monoisotopic (exact) mass is 425 g/mol. The first kappa shape index (κ1) is 19.8. The van der Waals surface area contributed by atoms with Gasteiger partial charge in [-0.05, 0) is 12.1 Å². The van der Waals surface area contributed by atoms with E-state index in [1.54, 1.807) is 22.2 Å². The molecule has 2 fully saturated rings. The van der Waals surface area contributed by atoms with Crippen LogP contribution in [0, 0.1) is 5.92 Å². The molecular weight excluding hydrogens is 407 g/mol. The Morgan fingerprint density at radius 1 is 1.21 bits per heavy atom. The summed E-state index contributed by atoms with van der Waals surface area (Å²) in [5, 5.41) is 2.06. The van der Waals surface area contributed by atoms with Crippen LogP contribution in [0.15, 0.2) is 29.6 Å². The Bertz CT molecular complexity index is 929. The summed E-state index contributed by atoms with van der Waals surface area (Å²) in [4.78, 5) is 33.0. The van der Waals surface area contributed by atoms with Crippen LogP contribution < -0.4 is 0 Å². The van der Waals surface area contributed by atoms with Crippen molar-refractivity contribution in [3.05, 3.63) is 40.9 Å². The van der Waals surface area contributed by atoms with Gasteiger partial charge in [0.25, 0.3) is 5.91 Å². The molecule has 2 aliphatic rings. The lowest BCUT2D eigenvalue weighted by Crippen LogP contribution is -2.45. The lowest BCUT2D eigenvalue weighted by molar-refractivity contribution is -0.137. The van der Waals surface area contributed by atoms with Gasteiger partial charge in [-0.3, -0.25) is 9.59 Å². The maximum absolute atomic E-state index is 13.0. The molecule has 0 saturated carbocycles. The number of hydrogen-bond donors (Lipinski definition) is 0. The van der Waals surface area contributed by atoms with Gasteiger partial charge < -0.3 is 14.5 Å². The zero-order valence-electron chi connectivity index (χ0n) is 15.5. The van der Waals surface area contributed by atoms with Crippen molar-refractivity contribution < 1.29 is 27.5 Å². The molecule has 2 saturated heterocycles. The molecule has 2 amide bonds. The second-order valence-electron chi connectivity index (χ2n) is 7.16. The number of fused-ring (bicyclic) bond motifs is 3. The Balaban J connectivity index is 1.53. The predicted molar refractivity (Wildman–Crippen MR) is 99.3 cm³/mol. The average molecular weight is 425 g/mol. The highest BCUT2D eigenvalue weighted by Crippen LogP contribution is 2.32. The van der Waals surface area contributed by atoms with Gasteiger partial charge in [0.1, 0.15) is 10.7 Å². The van der Waals surface area contributed by atoms with Gasteiger partial charge in [-0.15, -0.1) is 11.3 Å². The minimum Gasteiger partial charge on any atom is -0.378 e. The van der Waals surface area contributed by atoms with Crippen LogP contribution >= 0.6 is 11.3 Å². The fourth-order valence-electron chi connectivity index (χ4n) is 3.53. The first-order chi connectivity index (χ1) is 13.7. The topological polar surface area (TPSA) is 62.7 Å². The number of nitrogens with zero attached hydrogens (tertiary/aromatic N) is 3. The third-order valence-corrected chi connectivity index (χ3v) is 6.11. The van der Waals surface area contributed by atoms with Crippen molar-refractivity contribution in [2.75, 3.05) is 33.4 Å². The molecular formula is C19H18F3N3O3S. The van der Waals surface area contributed by atoms with Crippen LogP contribution in [-0.2, 0) is 15.7 Å². The Morgan fingerprint density at radius 2 is 1.93 bits per heavy atom. The number of rotatable bonds is 2. The average Bonchev–Trinajstić information content (AvgIpc) is 3.08. The normalized spacial score (nSPS) is 22.6.